The number of pyridine rings is 1. The Hall–Kier alpha value is -1.73. The topological polar surface area (TPSA) is 81.7 Å². The van der Waals surface area contributed by atoms with Gasteiger partial charge in [0, 0.05) is 51.4 Å². The van der Waals surface area contributed by atoms with E-state index >= 15 is 0 Å². The Morgan fingerprint density at radius 1 is 1.24 bits per heavy atom. The van der Waals surface area contributed by atoms with Crippen LogP contribution in [0.3, 0.4) is 0 Å². The number of carbonyl (C=O) groups excluding carboxylic acids is 1. The minimum absolute atomic E-state index is 0.231. The predicted molar refractivity (Wildman–Crippen MR) is 119 cm³/mol. The van der Waals surface area contributed by atoms with Crippen molar-refractivity contribution in [2.24, 2.45) is 10.9 Å². The molecule has 2 aliphatic rings. The zero-order valence-electron chi connectivity index (χ0n) is 16.9. The lowest BCUT2D eigenvalue weighted by Gasteiger charge is -2.26. The molecule has 2 heterocycles. The van der Waals surface area contributed by atoms with E-state index < -0.39 is 0 Å². The standard InChI is InChI=1S/C20H30Cl2N6O/c1-23-20(25-9-8-24-18-17(22)11-15(21)12-26-18)27-16-7-10-28(13-16)19(29)14-5-3-2-4-6-14/h11-12,14,16H,2-10,13H2,1H3,(H,24,26)(H2,23,25,27). The molecule has 0 bridgehead atoms. The van der Waals surface area contributed by atoms with Gasteiger partial charge in [-0.15, -0.1) is 0 Å². The summed E-state index contributed by atoms with van der Waals surface area (Å²) in [7, 11) is 1.75. The number of hydrogen-bond donors (Lipinski definition) is 3. The second-order valence-electron chi connectivity index (χ2n) is 7.66. The molecule has 1 saturated carbocycles. The number of likely N-dealkylation sites (tertiary alicyclic amines) is 1. The quantitative estimate of drug-likeness (QED) is 0.359. The number of carbonyl (C=O) groups is 1. The van der Waals surface area contributed by atoms with Gasteiger partial charge in [-0.1, -0.05) is 42.5 Å². The number of halogens is 2. The lowest BCUT2D eigenvalue weighted by atomic mass is 9.88. The first-order valence-corrected chi connectivity index (χ1v) is 11.1. The molecular formula is C20H30Cl2N6O. The molecule has 0 spiro atoms. The van der Waals surface area contributed by atoms with E-state index in [4.69, 9.17) is 23.2 Å². The summed E-state index contributed by atoms with van der Waals surface area (Å²) >= 11 is 12.0. The number of amides is 1. The zero-order valence-corrected chi connectivity index (χ0v) is 18.4. The van der Waals surface area contributed by atoms with Gasteiger partial charge in [-0.25, -0.2) is 4.98 Å². The van der Waals surface area contributed by atoms with Crippen LogP contribution in [0.5, 0.6) is 0 Å². The third kappa shape index (κ3) is 6.37. The second kappa shape index (κ2) is 10.9. The summed E-state index contributed by atoms with van der Waals surface area (Å²) in [5.74, 6) is 1.92. The van der Waals surface area contributed by atoms with Crippen molar-refractivity contribution in [3.63, 3.8) is 0 Å². The van der Waals surface area contributed by atoms with E-state index in [1.165, 1.54) is 19.3 Å². The number of hydrogen-bond acceptors (Lipinski definition) is 4. The number of guanidine groups is 1. The van der Waals surface area contributed by atoms with Crippen LogP contribution < -0.4 is 16.0 Å². The van der Waals surface area contributed by atoms with E-state index in [0.29, 0.717) is 34.9 Å². The van der Waals surface area contributed by atoms with Crippen molar-refractivity contribution in [3.05, 3.63) is 22.3 Å². The Balaban J connectivity index is 1.38. The molecule has 160 valence electrons. The summed E-state index contributed by atoms with van der Waals surface area (Å²) in [6.45, 7) is 2.86. The Morgan fingerprint density at radius 2 is 2.03 bits per heavy atom. The Bertz CT molecular complexity index is 723. The van der Waals surface area contributed by atoms with E-state index in [9.17, 15) is 4.79 Å². The minimum atomic E-state index is 0.231. The van der Waals surface area contributed by atoms with Gasteiger partial charge in [-0.2, -0.15) is 0 Å². The first-order chi connectivity index (χ1) is 14.1. The van der Waals surface area contributed by atoms with Gasteiger partial charge in [-0.3, -0.25) is 9.79 Å². The van der Waals surface area contributed by atoms with Crippen LogP contribution in [0.25, 0.3) is 0 Å². The van der Waals surface area contributed by atoms with Crippen molar-refractivity contribution in [1.82, 2.24) is 20.5 Å². The summed E-state index contributed by atoms with van der Waals surface area (Å²) in [4.78, 5) is 23.2. The molecule has 0 radical (unpaired) electrons. The monoisotopic (exact) mass is 440 g/mol. The second-order valence-corrected chi connectivity index (χ2v) is 8.50. The fourth-order valence-corrected chi connectivity index (χ4v) is 4.43. The third-order valence-corrected chi connectivity index (χ3v) is 6.03. The average molecular weight is 441 g/mol. The Kier molecular flexibility index (Phi) is 8.24. The van der Waals surface area contributed by atoms with Crippen molar-refractivity contribution in [2.75, 3.05) is 38.5 Å². The SMILES string of the molecule is CN=C(NCCNc1ncc(Cl)cc1Cl)NC1CCN(C(=O)C2CCCCC2)C1. The maximum Gasteiger partial charge on any atom is 0.225 e. The maximum absolute atomic E-state index is 12.7. The van der Waals surface area contributed by atoms with E-state index in [0.717, 1.165) is 38.3 Å². The summed E-state index contributed by atoms with van der Waals surface area (Å²) in [5, 5.41) is 10.9. The van der Waals surface area contributed by atoms with Crippen LogP contribution in [-0.4, -0.2) is 61.0 Å². The van der Waals surface area contributed by atoms with Crippen molar-refractivity contribution >= 4 is 40.9 Å². The highest BCUT2D eigenvalue weighted by Crippen LogP contribution is 2.27. The lowest BCUT2D eigenvalue weighted by molar-refractivity contribution is -0.135. The Morgan fingerprint density at radius 3 is 2.76 bits per heavy atom. The van der Waals surface area contributed by atoms with Crippen molar-refractivity contribution < 1.29 is 4.79 Å². The van der Waals surface area contributed by atoms with Gasteiger partial charge < -0.3 is 20.9 Å². The number of anilines is 1. The molecule has 7 nitrogen and oxygen atoms in total. The first-order valence-electron chi connectivity index (χ1n) is 10.4. The first kappa shape index (κ1) is 22.0. The molecule has 1 saturated heterocycles. The van der Waals surface area contributed by atoms with Crippen molar-refractivity contribution in [2.45, 2.75) is 44.6 Å². The van der Waals surface area contributed by atoms with Crippen LogP contribution >= 0.6 is 23.2 Å². The molecule has 1 aromatic heterocycles. The number of aliphatic imine (C=N–C) groups is 1. The number of rotatable bonds is 6. The fourth-order valence-electron chi connectivity index (χ4n) is 3.98. The molecule has 9 heteroatoms. The highest BCUT2D eigenvalue weighted by atomic mass is 35.5. The maximum atomic E-state index is 12.7. The average Bonchev–Trinajstić information content (AvgIpc) is 3.20. The van der Waals surface area contributed by atoms with E-state index in [-0.39, 0.29) is 12.0 Å². The normalized spacial score (nSPS) is 20.6. The smallest absolute Gasteiger partial charge is 0.225 e. The van der Waals surface area contributed by atoms with Crippen LogP contribution in [0.2, 0.25) is 10.0 Å². The van der Waals surface area contributed by atoms with E-state index in [1.807, 2.05) is 4.90 Å². The fraction of sp³-hybridized carbons (Fsp3) is 0.650. The van der Waals surface area contributed by atoms with E-state index in [1.54, 1.807) is 19.3 Å². The molecule has 3 rings (SSSR count). The highest BCUT2D eigenvalue weighted by Gasteiger charge is 2.31. The van der Waals surface area contributed by atoms with E-state index in [2.05, 4.69) is 25.9 Å². The molecule has 1 unspecified atom stereocenters. The Labute approximate surface area is 182 Å². The highest BCUT2D eigenvalue weighted by molar-refractivity contribution is 6.35. The number of nitrogens with one attached hydrogen (secondary N) is 3. The van der Waals surface area contributed by atoms with Crippen LogP contribution in [0, 0.1) is 5.92 Å². The van der Waals surface area contributed by atoms with Crippen LogP contribution in [0.1, 0.15) is 38.5 Å². The lowest BCUT2D eigenvalue weighted by Crippen LogP contribution is -2.46. The molecule has 1 aliphatic carbocycles. The summed E-state index contributed by atoms with van der Waals surface area (Å²) in [6, 6.07) is 1.89. The van der Waals surface area contributed by atoms with Crippen molar-refractivity contribution in [3.8, 4) is 0 Å². The number of nitrogens with zero attached hydrogens (tertiary/aromatic N) is 3. The molecule has 29 heavy (non-hydrogen) atoms. The summed E-state index contributed by atoms with van der Waals surface area (Å²) in [5.41, 5.74) is 0. The van der Waals surface area contributed by atoms with Gasteiger partial charge in [-0.05, 0) is 25.3 Å². The van der Waals surface area contributed by atoms with Gasteiger partial charge in [0.25, 0.3) is 0 Å². The van der Waals surface area contributed by atoms with Gasteiger partial charge in [0.15, 0.2) is 5.96 Å². The van der Waals surface area contributed by atoms with Gasteiger partial charge in [0.2, 0.25) is 5.91 Å². The van der Waals surface area contributed by atoms with Gasteiger partial charge in [0.05, 0.1) is 10.0 Å². The third-order valence-electron chi connectivity index (χ3n) is 5.54. The molecule has 0 aromatic carbocycles. The van der Waals surface area contributed by atoms with Crippen LogP contribution in [0.15, 0.2) is 17.3 Å². The summed E-state index contributed by atoms with van der Waals surface area (Å²) < 4.78 is 0. The molecule has 1 atom stereocenters. The van der Waals surface area contributed by atoms with Crippen LogP contribution in [-0.2, 0) is 4.79 Å². The summed E-state index contributed by atoms with van der Waals surface area (Å²) in [6.07, 6.45) is 8.25. The van der Waals surface area contributed by atoms with Crippen molar-refractivity contribution in [1.29, 1.82) is 0 Å². The predicted octanol–water partition coefficient (Wildman–Crippen LogP) is 3.15. The van der Waals surface area contributed by atoms with Gasteiger partial charge in [0.1, 0.15) is 5.82 Å². The van der Waals surface area contributed by atoms with Gasteiger partial charge >= 0.3 is 0 Å². The molecule has 2 fully saturated rings. The molecule has 1 aliphatic heterocycles. The molecule has 3 N–H and O–H groups in total. The molecular weight excluding hydrogens is 411 g/mol. The van der Waals surface area contributed by atoms with Crippen LogP contribution in [0.4, 0.5) is 5.82 Å². The minimum Gasteiger partial charge on any atom is -0.367 e. The molecule has 1 amide bonds. The number of aromatic nitrogens is 1. The largest absolute Gasteiger partial charge is 0.367 e. The molecule has 1 aromatic rings. The zero-order chi connectivity index (χ0) is 20.6.